The van der Waals surface area contributed by atoms with Gasteiger partial charge in [-0.1, -0.05) is 18.2 Å². The number of ether oxygens (including phenoxy) is 1. The van der Waals surface area contributed by atoms with Crippen molar-refractivity contribution in [2.24, 2.45) is 5.92 Å². The second kappa shape index (κ2) is 9.93. The molecule has 0 radical (unpaired) electrons. The summed E-state index contributed by atoms with van der Waals surface area (Å²) in [6.45, 7) is 1.48. The van der Waals surface area contributed by atoms with E-state index in [9.17, 15) is 23.2 Å². The second-order valence-electron chi connectivity index (χ2n) is 9.58. The summed E-state index contributed by atoms with van der Waals surface area (Å²) in [5.41, 5.74) is -0.671. The largest absolute Gasteiger partial charge is 0.376 e. The van der Waals surface area contributed by atoms with E-state index in [1.165, 1.54) is 17.0 Å². The Bertz CT molecular complexity index is 1150. The number of rotatable bonds is 6. The van der Waals surface area contributed by atoms with Crippen LogP contribution < -0.4 is 5.32 Å². The molecule has 2 aromatic rings. The number of benzene rings is 1. The van der Waals surface area contributed by atoms with Crippen molar-refractivity contribution in [3.05, 3.63) is 65.5 Å². The van der Waals surface area contributed by atoms with Crippen molar-refractivity contribution in [3.63, 3.8) is 0 Å². The Hall–Kier alpha value is -3.40. The maximum atomic E-state index is 14.1. The number of hydrogen-bond donors (Lipinski definition) is 1. The Morgan fingerprint density at radius 2 is 1.94 bits per heavy atom. The zero-order chi connectivity index (χ0) is 25.3. The molecular formula is C26H28F2N4O4. The molecule has 8 nitrogen and oxygen atoms in total. The fourth-order valence-corrected chi connectivity index (χ4v) is 5.58. The molecule has 3 fully saturated rings. The van der Waals surface area contributed by atoms with Gasteiger partial charge in [0.05, 0.1) is 19.1 Å². The fourth-order valence-electron chi connectivity index (χ4n) is 5.58. The molecule has 0 unspecified atom stereocenters. The Kier molecular flexibility index (Phi) is 6.70. The van der Waals surface area contributed by atoms with Crippen LogP contribution in [-0.4, -0.2) is 65.0 Å². The number of halogens is 2. The van der Waals surface area contributed by atoms with Gasteiger partial charge in [-0.3, -0.25) is 19.5 Å². The highest BCUT2D eigenvalue weighted by molar-refractivity contribution is 6.07. The molecule has 4 heterocycles. The van der Waals surface area contributed by atoms with E-state index in [0.29, 0.717) is 38.1 Å². The molecule has 1 N–H and O–H groups in total. The molecule has 3 aliphatic heterocycles. The van der Waals surface area contributed by atoms with E-state index in [4.69, 9.17) is 4.74 Å². The van der Waals surface area contributed by atoms with Crippen molar-refractivity contribution in [3.8, 4) is 0 Å². The highest BCUT2D eigenvalue weighted by Gasteiger charge is 2.57. The van der Waals surface area contributed by atoms with Crippen LogP contribution >= 0.6 is 0 Å². The van der Waals surface area contributed by atoms with Gasteiger partial charge in [0.2, 0.25) is 5.91 Å². The number of imide groups is 1. The van der Waals surface area contributed by atoms with E-state index >= 15 is 0 Å². The van der Waals surface area contributed by atoms with E-state index in [1.807, 2.05) is 0 Å². The van der Waals surface area contributed by atoms with Crippen LogP contribution in [-0.2, 0) is 26.3 Å². The Balaban J connectivity index is 1.33. The van der Waals surface area contributed by atoms with E-state index < -0.39 is 23.2 Å². The molecule has 4 amide bonds. The van der Waals surface area contributed by atoms with Crippen molar-refractivity contribution in [1.82, 2.24) is 20.1 Å². The molecule has 5 rings (SSSR count). The topological polar surface area (TPSA) is 91.8 Å². The summed E-state index contributed by atoms with van der Waals surface area (Å²) in [5, 5.41) is 2.97. The van der Waals surface area contributed by atoms with Gasteiger partial charge in [0.15, 0.2) is 17.2 Å². The number of nitrogens with zero attached hydrogens (tertiary/aromatic N) is 3. The molecule has 0 spiro atoms. The highest BCUT2D eigenvalue weighted by Crippen LogP contribution is 2.41. The molecule has 190 valence electrons. The number of hydrogen-bond acceptors (Lipinski definition) is 5. The molecular weight excluding hydrogens is 470 g/mol. The molecule has 0 saturated carbocycles. The van der Waals surface area contributed by atoms with Crippen LogP contribution in [0.15, 0.2) is 42.7 Å². The lowest BCUT2D eigenvalue weighted by Gasteiger charge is -2.41. The minimum absolute atomic E-state index is 0.0111. The van der Waals surface area contributed by atoms with Gasteiger partial charge in [0.25, 0.3) is 5.91 Å². The van der Waals surface area contributed by atoms with Crippen LogP contribution in [0.1, 0.15) is 36.8 Å². The van der Waals surface area contributed by atoms with Crippen LogP contribution in [0.4, 0.5) is 13.6 Å². The van der Waals surface area contributed by atoms with E-state index in [2.05, 4.69) is 10.3 Å². The monoisotopic (exact) mass is 498 g/mol. The molecule has 3 aliphatic rings. The smallest absolute Gasteiger partial charge is 0.325 e. The summed E-state index contributed by atoms with van der Waals surface area (Å²) < 4.78 is 33.3. The Morgan fingerprint density at radius 3 is 2.64 bits per heavy atom. The van der Waals surface area contributed by atoms with Crippen molar-refractivity contribution in [2.75, 3.05) is 26.2 Å². The Labute approximate surface area is 207 Å². The molecule has 3 saturated heterocycles. The summed E-state index contributed by atoms with van der Waals surface area (Å²) in [6.07, 6.45) is 5.38. The molecule has 36 heavy (non-hydrogen) atoms. The molecule has 2 atom stereocenters. The number of amides is 4. The van der Waals surface area contributed by atoms with Gasteiger partial charge >= 0.3 is 6.03 Å². The average Bonchev–Trinajstić information content (AvgIpc) is 3.50. The van der Waals surface area contributed by atoms with Gasteiger partial charge in [-0.2, -0.15) is 0 Å². The molecule has 1 aromatic heterocycles. The number of carbonyl (C=O) groups is 3. The van der Waals surface area contributed by atoms with Crippen molar-refractivity contribution in [2.45, 2.75) is 43.7 Å². The lowest BCUT2D eigenvalue weighted by Crippen LogP contribution is -2.54. The van der Waals surface area contributed by atoms with Gasteiger partial charge in [-0.15, -0.1) is 0 Å². The van der Waals surface area contributed by atoms with Gasteiger partial charge in [0.1, 0.15) is 0 Å². The molecule has 10 heteroatoms. The SMILES string of the molecule is O=C(Cc1cccc(F)c1F)N1CCC([C@@]2(c3cccnc3)NC(=O)N(C[C@@H]3CCCO3)C2=O)CC1. The third-order valence-corrected chi connectivity index (χ3v) is 7.49. The number of piperidine rings is 1. The number of nitrogens with one attached hydrogen (secondary N) is 1. The summed E-state index contributed by atoms with van der Waals surface area (Å²) in [4.78, 5) is 46.7. The van der Waals surface area contributed by atoms with E-state index in [1.54, 1.807) is 29.4 Å². The van der Waals surface area contributed by atoms with E-state index in [0.717, 1.165) is 18.9 Å². The lowest BCUT2D eigenvalue weighted by molar-refractivity contribution is -0.137. The number of pyridine rings is 1. The molecule has 1 aromatic carbocycles. The van der Waals surface area contributed by atoms with Crippen LogP contribution in [0, 0.1) is 17.6 Å². The first-order chi connectivity index (χ1) is 17.4. The van der Waals surface area contributed by atoms with Crippen molar-refractivity contribution >= 4 is 17.8 Å². The highest BCUT2D eigenvalue weighted by atomic mass is 19.2. The van der Waals surface area contributed by atoms with Crippen LogP contribution in [0.5, 0.6) is 0 Å². The third kappa shape index (κ3) is 4.34. The van der Waals surface area contributed by atoms with Crippen LogP contribution in [0.3, 0.4) is 0 Å². The first-order valence-corrected chi connectivity index (χ1v) is 12.3. The standard InChI is InChI=1S/C26H28F2N4O4/c27-21-7-1-4-17(23(21)28)14-22(33)31-11-8-18(9-12-31)26(19-5-2-10-29-15-19)24(34)32(25(35)30-26)16-20-6-3-13-36-20/h1-2,4-5,7,10,15,18,20H,3,6,8-9,11-14,16H2,(H,30,35)/t20-,26-/m0/s1. The van der Waals surface area contributed by atoms with Crippen LogP contribution in [0.25, 0.3) is 0 Å². The predicted molar refractivity (Wildman–Crippen MR) is 124 cm³/mol. The van der Waals surface area contributed by atoms with Gasteiger partial charge in [0, 0.05) is 43.2 Å². The van der Waals surface area contributed by atoms with Crippen LogP contribution in [0.2, 0.25) is 0 Å². The van der Waals surface area contributed by atoms with Gasteiger partial charge < -0.3 is 15.0 Å². The van der Waals surface area contributed by atoms with E-state index in [-0.39, 0.29) is 42.4 Å². The fraction of sp³-hybridized carbons (Fsp3) is 0.462. The molecule has 0 bridgehead atoms. The molecule has 0 aliphatic carbocycles. The minimum Gasteiger partial charge on any atom is -0.376 e. The Morgan fingerprint density at radius 1 is 1.14 bits per heavy atom. The lowest BCUT2D eigenvalue weighted by atomic mass is 9.73. The number of aromatic nitrogens is 1. The summed E-state index contributed by atoms with van der Waals surface area (Å²) in [7, 11) is 0. The van der Waals surface area contributed by atoms with Gasteiger partial charge in [-0.05, 0) is 43.7 Å². The van der Waals surface area contributed by atoms with Crippen molar-refractivity contribution < 1.29 is 27.9 Å². The summed E-state index contributed by atoms with van der Waals surface area (Å²) >= 11 is 0. The number of urea groups is 1. The average molecular weight is 499 g/mol. The second-order valence-corrected chi connectivity index (χ2v) is 9.58. The summed E-state index contributed by atoms with van der Waals surface area (Å²) in [6, 6.07) is 6.84. The summed E-state index contributed by atoms with van der Waals surface area (Å²) in [5.74, 6) is -2.91. The van der Waals surface area contributed by atoms with Gasteiger partial charge in [-0.25, -0.2) is 13.6 Å². The first kappa shape index (κ1) is 24.3. The maximum Gasteiger partial charge on any atom is 0.325 e. The number of carbonyl (C=O) groups excluding carboxylic acids is 3. The first-order valence-electron chi connectivity index (χ1n) is 12.3. The number of likely N-dealkylation sites (tertiary alicyclic amines) is 1. The van der Waals surface area contributed by atoms with Crippen molar-refractivity contribution in [1.29, 1.82) is 0 Å². The maximum absolute atomic E-state index is 14.1. The zero-order valence-electron chi connectivity index (χ0n) is 19.8. The minimum atomic E-state index is -1.28. The quantitative estimate of drug-likeness (QED) is 0.619. The predicted octanol–water partition coefficient (Wildman–Crippen LogP) is 2.77. The normalized spacial score (nSPS) is 24.9. The zero-order valence-corrected chi connectivity index (χ0v) is 19.8. The third-order valence-electron chi connectivity index (χ3n) is 7.49.